The number of hydrogen-bond acceptors (Lipinski definition) is 3. The first-order valence-corrected chi connectivity index (χ1v) is 7.55. The minimum absolute atomic E-state index is 0.0142. The summed E-state index contributed by atoms with van der Waals surface area (Å²) in [5.41, 5.74) is 3.87. The fourth-order valence-corrected chi connectivity index (χ4v) is 2.52. The Labute approximate surface area is 132 Å². The lowest BCUT2D eigenvalue weighted by Crippen LogP contribution is -2.22. The highest BCUT2D eigenvalue weighted by molar-refractivity contribution is 5.57. The molecular formula is C19H23NO2. The van der Waals surface area contributed by atoms with Crippen molar-refractivity contribution >= 4 is 11.8 Å². The van der Waals surface area contributed by atoms with E-state index in [-0.39, 0.29) is 6.61 Å². The molecule has 0 radical (unpaired) electrons. The summed E-state index contributed by atoms with van der Waals surface area (Å²) < 4.78 is 0. The van der Waals surface area contributed by atoms with Crippen LogP contribution >= 0.6 is 0 Å². The van der Waals surface area contributed by atoms with Crippen LogP contribution in [0.15, 0.2) is 48.5 Å². The number of hydrogen-bond donors (Lipinski definition) is 2. The molecule has 2 aromatic carbocycles. The highest BCUT2D eigenvalue weighted by Gasteiger charge is 2.11. The zero-order valence-electron chi connectivity index (χ0n) is 13.2. The quantitative estimate of drug-likeness (QED) is 0.854. The average Bonchev–Trinajstić information content (AvgIpc) is 2.55. The van der Waals surface area contributed by atoms with E-state index < -0.39 is 0 Å². The van der Waals surface area contributed by atoms with Gasteiger partial charge in [0.2, 0.25) is 0 Å². The standard InChI is InChI=1S/C19H23NO2/c1-3-20(18-9-5-4-6-10-18)14-17-13-16(8-7-11-21)12-15(2)19(17)22/h4-10,12-13,21-22H,3,11,14H2,1-2H3/b8-7+. The van der Waals surface area contributed by atoms with Gasteiger partial charge in [0, 0.05) is 24.3 Å². The van der Waals surface area contributed by atoms with Crippen LogP contribution in [0.2, 0.25) is 0 Å². The Kier molecular flexibility index (Phi) is 5.61. The summed E-state index contributed by atoms with van der Waals surface area (Å²) >= 11 is 0. The van der Waals surface area contributed by atoms with Crippen molar-refractivity contribution in [2.75, 3.05) is 18.1 Å². The lowest BCUT2D eigenvalue weighted by Gasteiger charge is -2.24. The number of rotatable bonds is 6. The zero-order valence-corrected chi connectivity index (χ0v) is 13.2. The molecule has 0 aromatic heterocycles. The van der Waals surface area contributed by atoms with E-state index in [1.54, 1.807) is 6.08 Å². The molecule has 0 amide bonds. The predicted octanol–water partition coefficient (Wildman–Crippen LogP) is 3.73. The summed E-state index contributed by atoms with van der Waals surface area (Å²) in [6.07, 6.45) is 3.57. The number of benzene rings is 2. The fraction of sp³-hybridized carbons (Fsp3) is 0.263. The maximum absolute atomic E-state index is 10.3. The summed E-state index contributed by atoms with van der Waals surface area (Å²) in [5.74, 6) is 0.343. The number of aromatic hydroxyl groups is 1. The molecule has 116 valence electrons. The number of aryl methyl sites for hydroxylation is 1. The third-order valence-corrected chi connectivity index (χ3v) is 3.68. The number of para-hydroxylation sites is 1. The Morgan fingerprint density at radius 1 is 1.14 bits per heavy atom. The van der Waals surface area contributed by atoms with E-state index in [0.29, 0.717) is 12.3 Å². The summed E-state index contributed by atoms with van der Waals surface area (Å²) in [5, 5.41) is 19.2. The molecule has 0 fully saturated rings. The maximum atomic E-state index is 10.3. The number of nitrogens with zero attached hydrogens (tertiary/aromatic N) is 1. The molecule has 3 heteroatoms. The van der Waals surface area contributed by atoms with Crippen LogP contribution in [-0.4, -0.2) is 23.4 Å². The average molecular weight is 297 g/mol. The molecule has 0 saturated carbocycles. The lowest BCUT2D eigenvalue weighted by molar-refractivity contribution is 0.343. The molecule has 0 heterocycles. The third-order valence-electron chi connectivity index (χ3n) is 3.68. The number of anilines is 1. The van der Waals surface area contributed by atoms with Crippen molar-refractivity contribution in [2.24, 2.45) is 0 Å². The molecule has 0 aliphatic carbocycles. The normalized spacial score (nSPS) is 11.0. The van der Waals surface area contributed by atoms with Gasteiger partial charge in [0.05, 0.1) is 6.61 Å². The second kappa shape index (κ2) is 7.66. The molecule has 0 aliphatic heterocycles. The minimum atomic E-state index is 0.0142. The van der Waals surface area contributed by atoms with Crippen LogP contribution in [0, 0.1) is 6.92 Å². The Hall–Kier alpha value is -2.26. The number of aliphatic hydroxyl groups is 1. The highest BCUT2D eigenvalue weighted by Crippen LogP contribution is 2.27. The lowest BCUT2D eigenvalue weighted by atomic mass is 10.0. The van der Waals surface area contributed by atoms with Crippen LogP contribution in [-0.2, 0) is 6.54 Å². The maximum Gasteiger partial charge on any atom is 0.123 e. The molecule has 2 rings (SSSR count). The van der Waals surface area contributed by atoms with Gasteiger partial charge >= 0.3 is 0 Å². The Bertz CT molecular complexity index is 635. The van der Waals surface area contributed by atoms with Crippen LogP contribution < -0.4 is 4.90 Å². The van der Waals surface area contributed by atoms with Crippen molar-refractivity contribution in [3.05, 3.63) is 65.2 Å². The SMILES string of the molecule is CCN(Cc1cc(/C=C/CO)cc(C)c1O)c1ccccc1. The number of phenols is 1. The van der Waals surface area contributed by atoms with E-state index in [9.17, 15) is 5.11 Å². The van der Waals surface area contributed by atoms with Gasteiger partial charge in [0.1, 0.15) is 5.75 Å². The fourth-order valence-electron chi connectivity index (χ4n) is 2.52. The molecule has 0 spiro atoms. The Balaban J connectivity index is 2.31. The number of aliphatic hydroxyl groups excluding tert-OH is 1. The van der Waals surface area contributed by atoms with E-state index in [0.717, 1.165) is 28.9 Å². The van der Waals surface area contributed by atoms with E-state index in [4.69, 9.17) is 5.11 Å². The van der Waals surface area contributed by atoms with E-state index >= 15 is 0 Å². The van der Waals surface area contributed by atoms with Crippen molar-refractivity contribution in [2.45, 2.75) is 20.4 Å². The Morgan fingerprint density at radius 3 is 2.50 bits per heavy atom. The first-order chi connectivity index (χ1) is 10.7. The molecule has 0 aliphatic rings. The monoisotopic (exact) mass is 297 g/mol. The van der Waals surface area contributed by atoms with Gasteiger partial charge in [-0.25, -0.2) is 0 Å². The van der Waals surface area contributed by atoms with Crippen LogP contribution in [0.5, 0.6) is 5.75 Å². The van der Waals surface area contributed by atoms with E-state index in [1.165, 1.54) is 0 Å². The van der Waals surface area contributed by atoms with Gasteiger partial charge in [-0.05, 0) is 49.2 Å². The van der Waals surface area contributed by atoms with Gasteiger partial charge in [-0.1, -0.05) is 30.4 Å². The topological polar surface area (TPSA) is 43.7 Å². The van der Waals surface area contributed by atoms with E-state index in [1.807, 2.05) is 43.3 Å². The zero-order chi connectivity index (χ0) is 15.9. The van der Waals surface area contributed by atoms with Crippen molar-refractivity contribution in [1.82, 2.24) is 0 Å². The number of phenolic OH excluding ortho intramolecular Hbond substituents is 1. The Morgan fingerprint density at radius 2 is 1.86 bits per heavy atom. The summed E-state index contributed by atoms with van der Waals surface area (Å²) in [4.78, 5) is 2.22. The summed E-state index contributed by atoms with van der Waals surface area (Å²) in [7, 11) is 0. The molecular weight excluding hydrogens is 274 g/mol. The first-order valence-electron chi connectivity index (χ1n) is 7.55. The van der Waals surface area contributed by atoms with Crippen molar-refractivity contribution in [1.29, 1.82) is 0 Å². The summed E-state index contributed by atoms with van der Waals surface area (Å²) in [6, 6.07) is 14.1. The van der Waals surface area contributed by atoms with Gasteiger partial charge in [0.25, 0.3) is 0 Å². The summed E-state index contributed by atoms with van der Waals surface area (Å²) in [6.45, 7) is 5.52. The highest BCUT2D eigenvalue weighted by atomic mass is 16.3. The largest absolute Gasteiger partial charge is 0.507 e. The van der Waals surface area contributed by atoms with Crippen molar-refractivity contribution in [3.63, 3.8) is 0 Å². The van der Waals surface area contributed by atoms with Crippen molar-refractivity contribution in [3.8, 4) is 5.75 Å². The molecule has 0 saturated heterocycles. The van der Waals surface area contributed by atoms with Gasteiger partial charge in [-0.3, -0.25) is 0 Å². The van der Waals surface area contributed by atoms with Crippen molar-refractivity contribution < 1.29 is 10.2 Å². The van der Waals surface area contributed by atoms with Crippen LogP contribution in [0.25, 0.3) is 6.08 Å². The third kappa shape index (κ3) is 3.89. The molecule has 0 unspecified atom stereocenters. The van der Waals surface area contributed by atoms with Gasteiger partial charge in [-0.2, -0.15) is 0 Å². The molecule has 2 N–H and O–H groups in total. The van der Waals surface area contributed by atoms with E-state index in [2.05, 4.69) is 24.0 Å². The van der Waals surface area contributed by atoms with Gasteiger partial charge in [-0.15, -0.1) is 0 Å². The van der Waals surface area contributed by atoms with Crippen LogP contribution in [0.4, 0.5) is 5.69 Å². The second-order valence-electron chi connectivity index (χ2n) is 5.28. The van der Waals surface area contributed by atoms with Gasteiger partial charge in [0.15, 0.2) is 0 Å². The smallest absolute Gasteiger partial charge is 0.123 e. The molecule has 0 atom stereocenters. The van der Waals surface area contributed by atoms with Crippen LogP contribution in [0.3, 0.4) is 0 Å². The predicted molar refractivity (Wildman–Crippen MR) is 92.1 cm³/mol. The molecule has 2 aromatic rings. The van der Waals surface area contributed by atoms with Crippen LogP contribution in [0.1, 0.15) is 23.6 Å². The molecule has 3 nitrogen and oxygen atoms in total. The van der Waals surface area contributed by atoms with Gasteiger partial charge < -0.3 is 15.1 Å². The molecule has 22 heavy (non-hydrogen) atoms. The molecule has 0 bridgehead atoms. The first kappa shape index (κ1) is 16.1. The minimum Gasteiger partial charge on any atom is -0.507 e. The second-order valence-corrected chi connectivity index (χ2v) is 5.28.